The van der Waals surface area contributed by atoms with Gasteiger partial charge in [-0.3, -0.25) is 4.79 Å². The van der Waals surface area contributed by atoms with Crippen molar-refractivity contribution in [1.82, 2.24) is 0 Å². The topological polar surface area (TPSA) is 72.4 Å². The molecule has 1 saturated heterocycles. The number of primary amides is 1. The number of anilines is 2. The van der Waals surface area contributed by atoms with Crippen molar-refractivity contribution in [2.75, 3.05) is 23.7 Å². The van der Waals surface area contributed by atoms with E-state index in [-0.39, 0.29) is 11.8 Å². The average Bonchev–Trinajstić information content (AvgIpc) is 2.29. The molecule has 0 bridgehead atoms. The molecule has 0 spiro atoms. The summed E-state index contributed by atoms with van der Waals surface area (Å²) in [7, 11) is 0. The molecule has 5 heteroatoms. The number of carbonyl (C=O) groups is 1. The van der Waals surface area contributed by atoms with Crippen molar-refractivity contribution in [2.24, 2.45) is 11.7 Å². The Morgan fingerprint density at radius 2 is 2.24 bits per heavy atom. The number of nitrogens with zero attached hydrogens (tertiary/aromatic N) is 1. The summed E-state index contributed by atoms with van der Waals surface area (Å²) in [6.07, 6.45) is 1.88. The second-order valence-electron chi connectivity index (χ2n) is 4.40. The van der Waals surface area contributed by atoms with Gasteiger partial charge in [-0.1, -0.05) is 0 Å². The van der Waals surface area contributed by atoms with Crippen LogP contribution in [0.4, 0.5) is 11.4 Å². The quantitative estimate of drug-likeness (QED) is 0.817. The fourth-order valence-corrected chi connectivity index (χ4v) is 2.86. The lowest BCUT2D eigenvalue weighted by molar-refractivity contribution is -0.122. The zero-order chi connectivity index (χ0) is 12.4. The number of hydrogen-bond donors (Lipinski definition) is 2. The van der Waals surface area contributed by atoms with E-state index in [4.69, 9.17) is 11.5 Å². The van der Waals surface area contributed by atoms with E-state index < -0.39 is 0 Å². The molecule has 1 aliphatic rings. The first-order valence-electron chi connectivity index (χ1n) is 5.67. The maximum absolute atomic E-state index is 11.2. The fourth-order valence-electron chi connectivity index (χ4n) is 2.21. The third-order valence-corrected chi connectivity index (χ3v) is 3.77. The van der Waals surface area contributed by atoms with Crippen LogP contribution in [-0.2, 0) is 4.79 Å². The lowest BCUT2D eigenvalue weighted by Crippen LogP contribution is -2.41. The molecule has 0 saturated carbocycles. The minimum Gasteiger partial charge on any atom is -0.399 e. The van der Waals surface area contributed by atoms with Gasteiger partial charge in [-0.2, -0.15) is 0 Å². The van der Waals surface area contributed by atoms with Crippen molar-refractivity contribution < 1.29 is 4.79 Å². The number of hydrogen-bond acceptors (Lipinski definition) is 3. The molecule has 1 aromatic rings. The molecule has 0 aliphatic carbocycles. The van der Waals surface area contributed by atoms with Crippen LogP contribution in [0.5, 0.6) is 0 Å². The third kappa shape index (κ3) is 2.72. The standard InChI is InChI=1S/C12H16BrN3O/c13-10-6-9(14)3-4-11(10)16-5-1-2-8(7-16)12(15)17/h3-4,6,8H,1-2,5,7,14H2,(H2,15,17). The Morgan fingerprint density at radius 3 is 2.88 bits per heavy atom. The zero-order valence-corrected chi connectivity index (χ0v) is 11.1. The van der Waals surface area contributed by atoms with Crippen molar-refractivity contribution in [3.05, 3.63) is 22.7 Å². The molecule has 4 N–H and O–H groups in total. The number of nitrogen functional groups attached to an aromatic ring is 1. The van der Waals surface area contributed by atoms with Gasteiger partial charge in [0.1, 0.15) is 0 Å². The molecule has 1 aromatic carbocycles. The van der Waals surface area contributed by atoms with Gasteiger partial charge in [0.2, 0.25) is 5.91 Å². The summed E-state index contributed by atoms with van der Waals surface area (Å²) in [5.41, 5.74) is 12.9. The number of benzene rings is 1. The number of rotatable bonds is 2. The van der Waals surface area contributed by atoms with Crippen molar-refractivity contribution >= 4 is 33.2 Å². The third-order valence-electron chi connectivity index (χ3n) is 3.14. The Hall–Kier alpha value is -1.23. The average molecular weight is 298 g/mol. The van der Waals surface area contributed by atoms with Gasteiger partial charge < -0.3 is 16.4 Å². The molecule has 1 fully saturated rings. The first-order chi connectivity index (χ1) is 8.08. The van der Waals surface area contributed by atoms with E-state index in [0.717, 1.165) is 35.2 Å². The predicted octanol–water partition coefficient (Wildman–Crippen LogP) is 1.73. The summed E-state index contributed by atoms with van der Waals surface area (Å²) in [5, 5.41) is 0. The Morgan fingerprint density at radius 1 is 1.47 bits per heavy atom. The van der Waals surface area contributed by atoms with E-state index in [9.17, 15) is 4.79 Å². The van der Waals surface area contributed by atoms with Crippen LogP contribution in [0.1, 0.15) is 12.8 Å². The van der Waals surface area contributed by atoms with E-state index in [2.05, 4.69) is 20.8 Å². The van der Waals surface area contributed by atoms with E-state index in [1.165, 1.54) is 0 Å². The van der Waals surface area contributed by atoms with E-state index in [1.807, 2.05) is 18.2 Å². The first kappa shape index (κ1) is 12.2. The van der Waals surface area contributed by atoms with Gasteiger partial charge >= 0.3 is 0 Å². The van der Waals surface area contributed by atoms with E-state index in [0.29, 0.717) is 6.54 Å². The number of halogens is 1. The molecule has 0 radical (unpaired) electrons. The SMILES string of the molecule is NC(=O)C1CCCN(c2ccc(N)cc2Br)C1. The highest BCUT2D eigenvalue weighted by molar-refractivity contribution is 9.10. The van der Waals surface area contributed by atoms with Crippen LogP contribution in [-0.4, -0.2) is 19.0 Å². The molecule has 17 heavy (non-hydrogen) atoms. The summed E-state index contributed by atoms with van der Waals surface area (Å²) < 4.78 is 0.961. The van der Waals surface area contributed by atoms with Crippen molar-refractivity contribution in [1.29, 1.82) is 0 Å². The second kappa shape index (κ2) is 4.96. The minimum absolute atomic E-state index is 0.0480. The highest BCUT2D eigenvalue weighted by Gasteiger charge is 2.24. The molecule has 1 heterocycles. The van der Waals surface area contributed by atoms with Crippen molar-refractivity contribution in [3.8, 4) is 0 Å². The summed E-state index contributed by atoms with van der Waals surface area (Å²) in [6.45, 7) is 1.64. The molecule has 1 amide bonds. The minimum atomic E-state index is -0.207. The van der Waals surface area contributed by atoms with Crippen LogP contribution in [0, 0.1) is 5.92 Å². The maximum Gasteiger partial charge on any atom is 0.222 e. The van der Waals surface area contributed by atoms with Crippen molar-refractivity contribution in [2.45, 2.75) is 12.8 Å². The molecule has 2 rings (SSSR count). The molecular formula is C12H16BrN3O. The maximum atomic E-state index is 11.2. The van der Waals surface area contributed by atoms with Crippen LogP contribution in [0.3, 0.4) is 0 Å². The Labute approximate surface area is 109 Å². The lowest BCUT2D eigenvalue weighted by atomic mass is 9.97. The number of amides is 1. The zero-order valence-electron chi connectivity index (χ0n) is 9.53. The van der Waals surface area contributed by atoms with Crippen molar-refractivity contribution in [3.63, 3.8) is 0 Å². The Bertz CT molecular complexity index is 436. The molecule has 1 atom stereocenters. The van der Waals surface area contributed by atoms with Crippen LogP contribution in [0.2, 0.25) is 0 Å². The molecule has 1 unspecified atom stereocenters. The van der Waals surface area contributed by atoms with Gasteiger partial charge in [0, 0.05) is 23.2 Å². The smallest absolute Gasteiger partial charge is 0.222 e. The van der Waals surface area contributed by atoms with Gasteiger partial charge in [-0.05, 0) is 47.0 Å². The van der Waals surface area contributed by atoms with Crippen LogP contribution < -0.4 is 16.4 Å². The first-order valence-corrected chi connectivity index (χ1v) is 6.46. The van der Waals surface area contributed by atoms with Gasteiger partial charge in [-0.15, -0.1) is 0 Å². The monoisotopic (exact) mass is 297 g/mol. The predicted molar refractivity (Wildman–Crippen MR) is 72.7 cm³/mol. The summed E-state index contributed by atoms with van der Waals surface area (Å²) in [4.78, 5) is 13.4. The number of piperidine rings is 1. The number of carbonyl (C=O) groups excluding carboxylic acids is 1. The molecule has 0 aromatic heterocycles. The molecular weight excluding hydrogens is 282 g/mol. The highest BCUT2D eigenvalue weighted by Crippen LogP contribution is 2.31. The highest BCUT2D eigenvalue weighted by atomic mass is 79.9. The van der Waals surface area contributed by atoms with E-state index >= 15 is 0 Å². The summed E-state index contributed by atoms with van der Waals surface area (Å²) in [6, 6.07) is 5.72. The second-order valence-corrected chi connectivity index (χ2v) is 5.25. The lowest BCUT2D eigenvalue weighted by Gasteiger charge is -2.33. The molecule has 4 nitrogen and oxygen atoms in total. The van der Waals surface area contributed by atoms with Crippen LogP contribution in [0.25, 0.3) is 0 Å². The van der Waals surface area contributed by atoms with Gasteiger partial charge in [0.15, 0.2) is 0 Å². The summed E-state index contributed by atoms with van der Waals surface area (Å²) >= 11 is 3.50. The van der Waals surface area contributed by atoms with Gasteiger partial charge in [0.25, 0.3) is 0 Å². The Kier molecular flexibility index (Phi) is 3.57. The molecule has 1 aliphatic heterocycles. The Balaban J connectivity index is 2.19. The van der Waals surface area contributed by atoms with Crippen LogP contribution in [0.15, 0.2) is 22.7 Å². The van der Waals surface area contributed by atoms with E-state index in [1.54, 1.807) is 0 Å². The number of nitrogens with two attached hydrogens (primary N) is 2. The summed E-state index contributed by atoms with van der Waals surface area (Å²) in [5.74, 6) is -0.255. The van der Waals surface area contributed by atoms with Gasteiger partial charge in [0.05, 0.1) is 11.6 Å². The molecule has 92 valence electrons. The largest absolute Gasteiger partial charge is 0.399 e. The van der Waals surface area contributed by atoms with Crippen LogP contribution >= 0.6 is 15.9 Å². The normalized spacial score (nSPS) is 20.3. The fraction of sp³-hybridized carbons (Fsp3) is 0.417. The van der Waals surface area contributed by atoms with Gasteiger partial charge in [-0.25, -0.2) is 0 Å².